The molecule has 6 heteroatoms. The summed E-state index contributed by atoms with van der Waals surface area (Å²) < 4.78 is 2.80. The highest BCUT2D eigenvalue weighted by molar-refractivity contribution is 14.1. The van der Waals surface area contributed by atoms with Crippen LogP contribution in [0.25, 0.3) is 11.4 Å². The summed E-state index contributed by atoms with van der Waals surface area (Å²) in [7, 11) is 1.90. The number of halogens is 1. The van der Waals surface area contributed by atoms with Gasteiger partial charge in [-0.1, -0.05) is 0 Å². The van der Waals surface area contributed by atoms with Crippen LogP contribution in [-0.4, -0.2) is 26.3 Å². The first-order valence-corrected chi connectivity index (χ1v) is 6.46. The molecule has 0 saturated heterocycles. The molecule has 0 saturated carbocycles. The lowest BCUT2D eigenvalue weighted by Gasteiger charge is -2.06. The summed E-state index contributed by atoms with van der Waals surface area (Å²) in [6.45, 7) is 4.86. The second kappa shape index (κ2) is 4.99. The SMILES string of the molecule is CCNc1nc(-c2cn(C)nc2C)ncc1I. The molecule has 0 bridgehead atoms. The Bertz CT molecular complexity index is 535. The molecule has 0 spiro atoms. The number of nitrogens with zero attached hydrogens (tertiary/aromatic N) is 4. The van der Waals surface area contributed by atoms with E-state index < -0.39 is 0 Å². The fraction of sp³-hybridized carbons (Fsp3) is 0.364. The van der Waals surface area contributed by atoms with Crippen LogP contribution < -0.4 is 5.32 Å². The largest absolute Gasteiger partial charge is 0.369 e. The Morgan fingerprint density at radius 1 is 1.47 bits per heavy atom. The summed E-state index contributed by atoms with van der Waals surface area (Å²) in [6, 6.07) is 0. The molecule has 0 radical (unpaired) electrons. The third-order valence-electron chi connectivity index (χ3n) is 2.34. The first-order chi connectivity index (χ1) is 8.11. The topological polar surface area (TPSA) is 55.6 Å². The molecule has 0 unspecified atom stereocenters. The molecule has 0 aliphatic carbocycles. The van der Waals surface area contributed by atoms with Crippen molar-refractivity contribution in [1.82, 2.24) is 19.7 Å². The van der Waals surface area contributed by atoms with E-state index in [4.69, 9.17) is 0 Å². The molecule has 2 rings (SSSR count). The third-order valence-corrected chi connectivity index (χ3v) is 3.13. The molecule has 17 heavy (non-hydrogen) atoms. The highest BCUT2D eigenvalue weighted by atomic mass is 127. The van der Waals surface area contributed by atoms with Crippen LogP contribution in [0.2, 0.25) is 0 Å². The summed E-state index contributed by atoms with van der Waals surface area (Å²) in [5.74, 6) is 1.59. The van der Waals surface area contributed by atoms with Gasteiger partial charge in [-0.2, -0.15) is 5.10 Å². The van der Waals surface area contributed by atoms with Gasteiger partial charge in [-0.15, -0.1) is 0 Å². The van der Waals surface area contributed by atoms with Gasteiger partial charge < -0.3 is 5.32 Å². The summed E-state index contributed by atoms with van der Waals surface area (Å²) in [6.07, 6.45) is 3.76. The molecule has 2 heterocycles. The average Bonchev–Trinajstić information content (AvgIpc) is 2.61. The number of anilines is 1. The fourth-order valence-corrected chi connectivity index (χ4v) is 2.06. The third kappa shape index (κ3) is 2.56. The van der Waals surface area contributed by atoms with Gasteiger partial charge in [0.2, 0.25) is 0 Å². The Labute approximate surface area is 114 Å². The van der Waals surface area contributed by atoms with Gasteiger partial charge >= 0.3 is 0 Å². The van der Waals surface area contributed by atoms with E-state index in [0.717, 1.165) is 27.2 Å². The summed E-state index contributed by atoms with van der Waals surface area (Å²) >= 11 is 2.23. The van der Waals surface area contributed by atoms with Crippen LogP contribution in [0.1, 0.15) is 12.6 Å². The number of nitrogens with one attached hydrogen (secondary N) is 1. The quantitative estimate of drug-likeness (QED) is 0.869. The van der Waals surface area contributed by atoms with Gasteiger partial charge in [0.15, 0.2) is 5.82 Å². The van der Waals surface area contributed by atoms with Gasteiger partial charge in [0.1, 0.15) is 5.82 Å². The summed E-state index contributed by atoms with van der Waals surface area (Å²) in [4.78, 5) is 8.88. The number of rotatable bonds is 3. The Balaban J connectivity index is 2.46. The maximum Gasteiger partial charge on any atom is 0.165 e. The van der Waals surface area contributed by atoms with Gasteiger partial charge in [-0.05, 0) is 36.4 Å². The van der Waals surface area contributed by atoms with Gasteiger partial charge in [0.25, 0.3) is 0 Å². The zero-order valence-electron chi connectivity index (χ0n) is 10.0. The van der Waals surface area contributed by atoms with Gasteiger partial charge in [0.05, 0.1) is 14.8 Å². The smallest absolute Gasteiger partial charge is 0.165 e. The van der Waals surface area contributed by atoms with E-state index in [-0.39, 0.29) is 0 Å². The summed E-state index contributed by atoms with van der Waals surface area (Å²) in [5.41, 5.74) is 1.92. The predicted octanol–water partition coefficient (Wildman–Crippen LogP) is 2.22. The minimum Gasteiger partial charge on any atom is -0.369 e. The van der Waals surface area contributed by atoms with Crippen molar-refractivity contribution < 1.29 is 0 Å². The molecular weight excluding hydrogens is 329 g/mol. The molecule has 5 nitrogen and oxygen atoms in total. The fourth-order valence-electron chi connectivity index (χ4n) is 1.61. The van der Waals surface area contributed by atoms with Crippen molar-refractivity contribution >= 4 is 28.4 Å². The predicted molar refractivity (Wildman–Crippen MR) is 75.9 cm³/mol. The van der Waals surface area contributed by atoms with Crippen LogP contribution >= 0.6 is 22.6 Å². The highest BCUT2D eigenvalue weighted by Gasteiger charge is 2.11. The van der Waals surface area contributed by atoms with Crippen molar-refractivity contribution in [2.24, 2.45) is 7.05 Å². The molecule has 2 aromatic rings. The standard InChI is InChI=1S/C11H14IN5/c1-4-13-11-9(12)5-14-10(15-11)8-6-17(3)16-7(8)2/h5-6H,4H2,1-3H3,(H,13,14,15). The zero-order chi connectivity index (χ0) is 12.4. The highest BCUT2D eigenvalue weighted by Crippen LogP contribution is 2.22. The average molecular weight is 343 g/mol. The molecular formula is C11H14IN5. The minimum absolute atomic E-state index is 0.715. The normalized spacial score (nSPS) is 10.6. The number of aryl methyl sites for hydroxylation is 2. The monoisotopic (exact) mass is 343 g/mol. The van der Waals surface area contributed by atoms with E-state index in [0.29, 0.717) is 5.82 Å². The van der Waals surface area contributed by atoms with E-state index in [9.17, 15) is 0 Å². The van der Waals surface area contributed by atoms with E-state index in [1.54, 1.807) is 4.68 Å². The first-order valence-electron chi connectivity index (χ1n) is 5.39. The molecule has 0 amide bonds. The summed E-state index contributed by atoms with van der Waals surface area (Å²) in [5, 5.41) is 7.53. The van der Waals surface area contributed by atoms with Gasteiger partial charge in [-0.3, -0.25) is 4.68 Å². The Kier molecular flexibility index (Phi) is 3.60. The van der Waals surface area contributed by atoms with E-state index in [2.05, 4.69) is 43.0 Å². The maximum atomic E-state index is 4.52. The van der Waals surface area contributed by atoms with Crippen molar-refractivity contribution in [3.05, 3.63) is 21.7 Å². The van der Waals surface area contributed by atoms with Crippen LogP contribution in [0.5, 0.6) is 0 Å². The molecule has 0 aromatic carbocycles. The Hall–Kier alpha value is -1.18. The van der Waals surface area contributed by atoms with Gasteiger partial charge in [0, 0.05) is 26.0 Å². The van der Waals surface area contributed by atoms with Crippen LogP contribution in [0.15, 0.2) is 12.4 Å². The molecule has 90 valence electrons. The van der Waals surface area contributed by atoms with E-state index in [1.165, 1.54) is 0 Å². The number of aromatic nitrogens is 4. The van der Waals surface area contributed by atoms with E-state index >= 15 is 0 Å². The molecule has 1 N–H and O–H groups in total. The number of hydrogen-bond acceptors (Lipinski definition) is 4. The van der Waals surface area contributed by atoms with Crippen LogP contribution in [0.4, 0.5) is 5.82 Å². The van der Waals surface area contributed by atoms with Crippen molar-refractivity contribution in [3.8, 4) is 11.4 Å². The van der Waals surface area contributed by atoms with Crippen molar-refractivity contribution in [2.75, 3.05) is 11.9 Å². The lowest BCUT2D eigenvalue weighted by atomic mass is 10.2. The molecule has 0 atom stereocenters. The molecule has 0 fully saturated rings. The van der Waals surface area contributed by atoms with Crippen LogP contribution in [0, 0.1) is 10.5 Å². The molecule has 0 aliphatic heterocycles. The second-order valence-electron chi connectivity index (χ2n) is 3.72. The Morgan fingerprint density at radius 3 is 2.82 bits per heavy atom. The van der Waals surface area contributed by atoms with Gasteiger partial charge in [-0.25, -0.2) is 9.97 Å². The lowest BCUT2D eigenvalue weighted by Crippen LogP contribution is -2.03. The van der Waals surface area contributed by atoms with Crippen molar-refractivity contribution in [2.45, 2.75) is 13.8 Å². The van der Waals surface area contributed by atoms with Crippen LogP contribution in [-0.2, 0) is 7.05 Å². The second-order valence-corrected chi connectivity index (χ2v) is 4.88. The van der Waals surface area contributed by atoms with Crippen LogP contribution in [0.3, 0.4) is 0 Å². The molecule has 2 aromatic heterocycles. The Morgan fingerprint density at radius 2 is 2.24 bits per heavy atom. The maximum absolute atomic E-state index is 4.52. The van der Waals surface area contributed by atoms with E-state index in [1.807, 2.05) is 33.3 Å². The minimum atomic E-state index is 0.715. The molecule has 0 aliphatic rings. The van der Waals surface area contributed by atoms with Crippen molar-refractivity contribution in [1.29, 1.82) is 0 Å². The number of hydrogen-bond donors (Lipinski definition) is 1. The van der Waals surface area contributed by atoms with Crippen molar-refractivity contribution in [3.63, 3.8) is 0 Å². The first kappa shape index (κ1) is 12.3. The zero-order valence-corrected chi connectivity index (χ0v) is 12.2. The lowest BCUT2D eigenvalue weighted by molar-refractivity contribution is 0.756.